The number of nitrogens with one attached hydrogen (secondary N) is 2. The van der Waals surface area contributed by atoms with E-state index in [2.05, 4.69) is 10.6 Å². The Bertz CT molecular complexity index is 470. The molecule has 0 radical (unpaired) electrons. The molecule has 1 aliphatic rings. The normalized spacial score (nSPS) is 18.3. The number of carbonyl (C=O) groups excluding carboxylic acids is 1. The Hall–Kier alpha value is -1.42. The first kappa shape index (κ1) is 16.9. The standard InChI is InChI=1S/C18H27FN2O/c1-14(16-11-7-8-12-17(16)19)20-13-18(22)21-15-9-5-3-2-4-6-10-15/h7-8,11-12,14-15,20H,2-6,9-10,13H2,1H3,(H,21,22). The van der Waals surface area contributed by atoms with Crippen LogP contribution in [0, 0.1) is 5.82 Å². The summed E-state index contributed by atoms with van der Waals surface area (Å²) in [5.74, 6) is -0.225. The molecule has 0 bridgehead atoms. The van der Waals surface area contributed by atoms with E-state index >= 15 is 0 Å². The fourth-order valence-corrected chi connectivity index (χ4v) is 3.06. The third kappa shape index (κ3) is 5.41. The first-order chi connectivity index (χ1) is 10.7. The van der Waals surface area contributed by atoms with Crippen molar-refractivity contribution < 1.29 is 9.18 Å². The molecular weight excluding hydrogens is 279 g/mol. The van der Waals surface area contributed by atoms with Gasteiger partial charge in [-0.15, -0.1) is 0 Å². The predicted molar refractivity (Wildman–Crippen MR) is 87.1 cm³/mol. The van der Waals surface area contributed by atoms with Crippen molar-refractivity contribution in [3.8, 4) is 0 Å². The maximum absolute atomic E-state index is 13.7. The van der Waals surface area contributed by atoms with Gasteiger partial charge in [-0.2, -0.15) is 0 Å². The van der Waals surface area contributed by atoms with Gasteiger partial charge in [0.25, 0.3) is 0 Å². The zero-order valence-electron chi connectivity index (χ0n) is 13.4. The van der Waals surface area contributed by atoms with Crippen LogP contribution in [0.15, 0.2) is 24.3 Å². The summed E-state index contributed by atoms with van der Waals surface area (Å²) < 4.78 is 13.7. The minimum Gasteiger partial charge on any atom is -0.352 e. The van der Waals surface area contributed by atoms with Crippen molar-refractivity contribution in [2.24, 2.45) is 0 Å². The number of carbonyl (C=O) groups is 1. The van der Waals surface area contributed by atoms with Crippen molar-refractivity contribution in [2.75, 3.05) is 6.54 Å². The van der Waals surface area contributed by atoms with E-state index in [-0.39, 0.29) is 24.3 Å². The minimum atomic E-state index is -0.233. The Morgan fingerprint density at radius 2 is 1.82 bits per heavy atom. The first-order valence-corrected chi connectivity index (χ1v) is 8.44. The fourth-order valence-electron chi connectivity index (χ4n) is 3.06. The molecule has 122 valence electrons. The SMILES string of the molecule is CC(NCC(=O)NC1CCCCCCC1)c1ccccc1F. The highest BCUT2D eigenvalue weighted by atomic mass is 19.1. The lowest BCUT2D eigenvalue weighted by atomic mass is 9.97. The monoisotopic (exact) mass is 306 g/mol. The van der Waals surface area contributed by atoms with Gasteiger partial charge >= 0.3 is 0 Å². The lowest BCUT2D eigenvalue weighted by molar-refractivity contribution is -0.121. The van der Waals surface area contributed by atoms with Gasteiger partial charge in [0, 0.05) is 17.6 Å². The summed E-state index contributed by atoms with van der Waals surface area (Å²) >= 11 is 0. The molecule has 0 aliphatic heterocycles. The van der Waals surface area contributed by atoms with Crippen molar-refractivity contribution >= 4 is 5.91 Å². The van der Waals surface area contributed by atoms with Crippen LogP contribution < -0.4 is 10.6 Å². The number of benzene rings is 1. The molecule has 1 unspecified atom stereocenters. The van der Waals surface area contributed by atoms with Gasteiger partial charge in [0.05, 0.1) is 6.54 Å². The molecule has 2 rings (SSSR count). The summed E-state index contributed by atoms with van der Waals surface area (Å²) in [6.07, 6.45) is 8.42. The zero-order valence-corrected chi connectivity index (χ0v) is 13.4. The number of rotatable bonds is 5. The summed E-state index contributed by atoms with van der Waals surface area (Å²) in [6, 6.07) is 6.81. The Balaban J connectivity index is 1.76. The molecule has 0 spiro atoms. The van der Waals surface area contributed by atoms with Gasteiger partial charge in [0.1, 0.15) is 5.82 Å². The Morgan fingerprint density at radius 1 is 1.18 bits per heavy atom. The maximum Gasteiger partial charge on any atom is 0.234 e. The van der Waals surface area contributed by atoms with Gasteiger partial charge in [0.2, 0.25) is 5.91 Å². The quantitative estimate of drug-likeness (QED) is 0.871. The van der Waals surface area contributed by atoms with E-state index in [0.717, 1.165) is 12.8 Å². The fraction of sp³-hybridized carbons (Fsp3) is 0.611. The van der Waals surface area contributed by atoms with E-state index in [4.69, 9.17) is 0 Å². The van der Waals surface area contributed by atoms with Crippen LogP contribution in [-0.2, 0) is 4.79 Å². The topological polar surface area (TPSA) is 41.1 Å². The lowest BCUT2D eigenvalue weighted by Gasteiger charge is -2.22. The molecule has 1 fully saturated rings. The Morgan fingerprint density at radius 3 is 2.50 bits per heavy atom. The molecule has 0 heterocycles. The summed E-state index contributed by atoms with van der Waals surface area (Å²) in [7, 11) is 0. The molecule has 0 aromatic heterocycles. The van der Waals surface area contributed by atoms with Crippen LogP contribution in [0.3, 0.4) is 0 Å². The number of amides is 1. The van der Waals surface area contributed by atoms with Crippen molar-refractivity contribution in [2.45, 2.75) is 64.0 Å². The highest BCUT2D eigenvalue weighted by Gasteiger charge is 2.15. The minimum absolute atomic E-state index is 0.00811. The van der Waals surface area contributed by atoms with Gasteiger partial charge in [-0.25, -0.2) is 4.39 Å². The number of hydrogen-bond acceptors (Lipinski definition) is 2. The summed E-state index contributed by atoms with van der Waals surface area (Å²) in [5, 5.41) is 6.22. The second-order valence-corrected chi connectivity index (χ2v) is 6.23. The third-order valence-corrected chi connectivity index (χ3v) is 4.41. The van der Waals surface area contributed by atoms with Crippen LogP contribution in [-0.4, -0.2) is 18.5 Å². The molecule has 4 heteroatoms. The summed E-state index contributed by atoms with van der Waals surface area (Å²) in [4.78, 5) is 12.1. The molecule has 2 N–H and O–H groups in total. The predicted octanol–water partition coefficient (Wildman–Crippen LogP) is 3.71. The van der Waals surface area contributed by atoms with Gasteiger partial charge in [0.15, 0.2) is 0 Å². The van der Waals surface area contributed by atoms with Crippen LogP contribution in [0.1, 0.15) is 63.5 Å². The Labute approximate surface area is 132 Å². The van der Waals surface area contributed by atoms with Crippen molar-refractivity contribution in [1.29, 1.82) is 0 Å². The molecule has 1 aliphatic carbocycles. The molecule has 3 nitrogen and oxygen atoms in total. The van der Waals surface area contributed by atoms with E-state index in [1.54, 1.807) is 12.1 Å². The number of halogens is 1. The maximum atomic E-state index is 13.7. The van der Waals surface area contributed by atoms with Gasteiger partial charge < -0.3 is 10.6 Å². The van der Waals surface area contributed by atoms with E-state index < -0.39 is 0 Å². The van der Waals surface area contributed by atoms with E-state index in [0.29, 0.717) is 11.6 Å². The van der Waals surface area contributed by atoms with E-state index in [1.807, 2.05) is 13.0 Å². The van der Waals surface area contributed by atoms with Crippen molar-refractivity contribution in [1.82, 2.24) is 10.6 Å². The molecule has 1 aromatic rings. The molecule has 1 aromatic carbocycles. The van der Waals surface area contributed by atoms with Gasteiger partial charge in [-0.05, 0) is 25.8 Å². The molecule has 0 saturated heterocycles. The van der Waals surface area contributed by atoms with E-state index in [1.165, 1.54) is 38.2 Å². The van der Waals surface area contributed by atoms with Crippen LogP contribution in [0.2, 0.25) is 0 Å². The average Bonchev–Trinajstić information content (AvgIpc) is 2.48. The molecule has 1 atom stereocenters. The molecule has 22 heavy (non-hydrogen) atoms. The number of hydrogen-bond donors (Lipinski definition) is 2. The second kappa shape index (κ2) is 8.89. The van der Waals surface area contributed by atoms with Gasteiger partial charge in [-0.3, -0.25) is 4.79 Å². The van der Waals surface area contributed by atoms with E-state index in [9.17, 15) is 9.18 Å². The molecular formula is C18H27FN2O. The summed E-state index contributed by atoms with van der Waals surface area (Å²) in [5.41, 5.74) is 0.598. The van der Waals surface area contributed by atoms with Gasteiger partial charge in [-0.1, -0.05) is 50.3 Å². The van der Waals surface area contributed by atoms with Crippen LogP contribution in [0.25, 0.3) is 0 Å². The summed E-state index contributed by atoms with van der Waals surface area (Å²) in [6.45, 7) is 2.10. The smallest absolute Gasteiger partial charge is 0.234 e. The highest BCUT2D eigenvalue weighted by Crippen LogP contribution is 2.17. The van der Waals surface area contributed by atoms with Crippen molar-refractivity contribution in [3.05, 3.63) is 35.6 Å². The Kier molecular flexibility index (Phi) is 6.84. The molecule has 1 amide bonds. The average molecular weight is 306 g/mol. The lowest BCUT2D eigenvalue weighted by Crippen LogP contribution is -2.41. The van der Waals surface area contributed by atoms with Crippen LogP contribution in [0.5, 0.6) is 0 Å². The largest absolute Gasteiger partial charge is 0.352 e. The van der Waals surface area contributed by atoms with Crippen LogP contribution in [0.4, 0.5) is 4.39 Å². The third-order valence-electron chi connectivity index (χ3n) is 4.41. The van der Waals surface area contributed by atoms with Crippen LogP contribution >= 0.6 is 0 Å². The second-order valence-electron chi connectivity index (χ2n) is 6.23. The highest BCUT2D eigenvalue weighted by molar-refractivity contribution is 5.78. The molecule has 1 saturated carbocycles. The zero-order chi connectivity index (χ0) is 15.8. The van der Waals surface area contributed by atoms with Crippen molar-refractivity contribution in [3.63, 3.8) is 0 Å². The first-order valence-electron chi connectivity index (χ1n) is 8.44.